The van der Waals surface area contributed by atoms with E-state index in [4.69, 9.17) is 0 Å². The van der Waals surface area contributed by atoms with E-state index in [1.165, 1.54) is 143 Å². The number of para-hydroxylation sites is 4. The average Bonchev–Trinajstić information content (AvgIpc) is 1.61. The van der Waals surface area contributed by atoms with Crippen LogP contribution >= 0.6 is 0 Å². The van der Waals surface area contributed by atoms with Gasteiger partial charge in [0.15, 0.2) is 0 Å². The van der Waals surface area contributed by atoms with Crippen LogP contribution in [0, 0.1) is 0 Å². The summed E-state index contributed by atoms with van der Waals surface area (Å²) in [5.41, 5.74) is 24.4. The first kappa shape index (κ1) is 49.6. The molecule has 0 aliphatic heterocycles. The van der Waals surface area contributed by atoms with Crippen molar-refractivity contribution in [1.29, 1.82) is 0 Å². The molecule has 4 nitrogen and oxygen atoms in total. The molecule has 4 heterocycles. The van der Waals surface area contributed by atoms with Crippen LogP contribution in [0.3, 0.4) is 0 Å². The van der Waals surface area contributed by atoms with Crippen LogP contribution in [0.25, 0.3) is 98.4 Å². The molecule has 0 aliphatic carbocycles. The van der Waals surface area contributed by atoms with Crippen molar-refractivity contribution in [3.05, 3.63) is 253 Å². The molecule has 0 radical (unpaired) electrons. The summed E-state index contributed by atoms with van der Waals surface area (Å²) in [6.07, 6.45) is 1.78. The highest BCUT2D eigenvalue weighted by molar-refractivity contribution is 6.32. The van der Waals surface area contributed by atoms with Gasteiger partial charge in [-0.15, -0.1) is 0 Å². The van der Waals surface area contributed by atoms with Crippen LogP contribution in [0.1, 0.15) is 77.6 Å². The second kappa shape index (κ2) is 18.6. The molecule has 0 N–H and O–H groups in total. The normalized spacial score (nSPS) is 12.5. The summed E-state index contributed by atoms with van der Waals surface area (Å²) in [7, 11) is 0. The zero-order valence-electron chi connectivity index (χ0n) is 48.1. The van der Waals surface area contributed by atoms with E-state index in [9.17, 15) is 0 Å². The third-order valence-electron chi connectivity index (χ3n) is 17.8. The van der Waals surface area contributed by atoms with Crippen molar-refractivity contribution in [1.82, 2.24) is 8.80 Å². The lowest BCUT2D eigenvalue weighted by Gasteiger charge is -2.31. The first-order chi connectivity index (χ1) is 39.9. The lowest BCUT2D eigenvalue weighted by atomic mass is 9.86. The van der Waals surface area contributed by atoms with E-state index in [0.717, 1.165) is 24.2 Å². The van der Waals surface area contributed by atoms with E-state index >= 15 is 0 Å². The van der Waals surface area contributed by atoms with E-state index in [2.05, 4.69) is 305 Å². The monoisotopic (exact) mass is 1060 g/mol. The first-order valence-electron chi connectivity index (χ1n) is 29.4. The summed E-state index contributed by atoms with van der Waals surface area (Å²) in [6.45, 7) is 18.6. The standard InChI is InChI=1S/C78H66N4/c1-9-49-29-23-35-57(51-25-15-11-16-26-51)73(49)79(55-31-19-13-20-32-55)67-43-39-59-61-47-70-62(48-69(61)81-65-41-37-53(77(3,4)5)45-63(65)71(67)75(59)81)60-40-44-68(72-64-46-54(78(6,7)8)38-42-66(64)82(70)76(60)72)80(56-33-21-14-22-34-56)74-50(10-2)30-24-36-58(74)52-27-17-12-18-28-52/h11-48H,9-10H2,1-8H3. The number of rotatable bonds is 10. The van der Waals surface area contributed by atoms with Crippen LogP contribution in [-0.2, 0) is 23.7 Å². The Bertz CT molecular complexity index is 4620. The molecule has 0 unspecified atom stereocenters. The molecule has 0 saturated carbocycles. The lowest BCUT2D eigenvalue weighted by molar-refractivity contribution is 0.591. The Morgan fingerprint density at radius 2 is 0.707 bits per heavy atom. The molecule has 398 valence electrons. The minimum absolute atomic E-state index is 0.0586. The van der Waals surface area contributed by atoms with Gasteiger partial charge >= 0.3 is 0 Å². The molecule has 11 aromatic carbocycles. The van der Waals surface area contributed by atoms with Crippen LogP contribution in [0.2, 0.25) is 0 Å². The van der Waals surface area contributed by atoms with Gasteiger partial charge in [-0.2, -0.15) is 0 Å². The van der Waals surface area contributed by atoms with Crippen LogP contribution in [0.5, 0.6) is 0 Å². The second-order valence-electron chi connectivity index (χ2n) is 24.6. The molecular formula is C78H66N4. The molecule has 0 fully saturated rings. The summed E-state index contributed by atoms with van der Waals surface area (Å²) >= 11 is 0. The smallest absolute Gasteiger partial charge is 0.0641 e. The molecule has 0 saturated heterocycles. The third kappa shape index (κ3) is 7.43. The van der Waals surface area contributed by atoms with Crippen LogP contribution in [0.4, 0.5) is 34.1 Å². The number of hydrogen-bond acceptors (Lipinski definition) is 2. The van der Waals surface area contributed by atoms with Crippen molar-refractivity contribution in [2.45, 2.75) is 79.1 Å². The van der Waals surface area contributed by atoms with Crippen molar-refractivity contribution in [2.75, 3.05) is 9.80 Å². The van der Waals surface area contributed by atoms with Crippen LogP contribution < -0.4 is 9.80 Å². The Morgan fingerprint density at radius 3 is 1.07 bits per heavy atom. The predicted octanol–water partition coefficient (Wildman–Crippen LogP) is 22.0. The van der Waals surface area contributed by atoms with E-state index in [0.29, 0.717) is 0 Å². The van der Waals surface area contributed by atoms with Crippen molar-refractivity contribution in [2.24, 2.45) is 0 Å². The molecule has 0 atom stereocenters. The van der Waals surface area contributed by atoms with Gasteiger partial charge in [0, 0.05) is 65.6 Å². The fraction of sp³-hybridized carbons (Fsp3) is 0.154. The zero-order chi connectivity index (χ0) is 55.8. The SMILES string of the molecule is CCc1cccc(-c2ccccc2)c1N(c1ccccc1)c1ccc2c3cc4c(cc3n3c5ccc(C(C)(C)C)cc5c1c23)c1ccc(N(c2ccccc2)c2c(CC)cccc2-c2ccccc2)c2c3cc(C(C)(C)C)ccc3n4c12. The highest BCUT2D eigenvalue weighted by Gasteiger charge is 2.31. The van der Waals surface area contributed by atoms with Crippen LogP contribution in [-0.4, -0.2) is 8.80 Å². The quantitative estimate of drug-likeness (QED) is 0.136. The van der Waals surface area contributed by atoms with E-state index in [1.54, 1.807) is 0 Å². The van der Waals surface area contributed by atoms with Gasteiger partial charge in [0.25, 0.3) is 0 Å². The van der Waals surface area contributed by atoms with Gasteiger partial charge in [-0.3, -0.25) is 0 Å². The van der Waals surface area contributed by atoms with Gasteiger partial charge in [0.05, 0.1) is 55.8 Å². The summed E-state index contributed by atoms with van der Waals surface area (Å²) in [5, 5.41) is 10.1. The number of hydrogen-bond donors (Lipinski definition) is 0. The third-order valence-corrected chi connectivity index (χ3v) is 17.8. The molecule has 0 amide bonds. The number of aryl methyl sites for hydroxylation is 2. The Labute approximate surface area is 480 Å². The highest BCUT2D eigenvalue weighted by atomic mass is 15.2. The number of anilines is 6. The van der Waals surface area contributed by atoms with Crippen LogP contribution in [0.15, 0.2) is 231 Å². The molecule has 0 bridgehead atoms. The van der Waals surface area contributed by atoms with Crippen molar-refractivity contribution >= 4 is 110 Å². The van der Waals surface area contributed by atoms with E-state index in [-0.39, 0.29) is 10.8 Å². The van der Waals surface area contributed by atoms with Crippen molar-refractivity contribution < 1.29 is 0 Å². The van der Waals surface area contributed by atoms with Gasteiger partial charge in [-0.25, -0.2) is 0 Å². The lowest BCUT2D eigenvalue weighted by Crippen LogP contribution is -2.14. The zero-order valence-corrected chi connectivity index (χ0v) is 48.1. The summed E-state index contributed by atoms with van der Waals surface area (Å²) in [4.78, 5) is 5.14. The Hall–Kier alpha value is -9.38. The number of benzene rings is 11. The number of aromatic nitrogens is 2. The van der Waals surface area contributed by atoms with Gasteiger partial charge in [0.1, 0.15) is 0 Å². The fourth-order valence-corrected chi connectivity index (χ4v) is 13.8. The van der Waals surface area contributed by atoms with E-state index < -0.39 is 0 Å². The fourth-order valence-electron chi connectivity index (χ4n) is 13.8. The van der Waals surface area contributed by atoms with Crippen molar-refractivity contribution in [3.8, 4) is 22.3 Å². The number of nitrogens with zero attached hydrogens (tertiary/aromatic N) is 4. The largest absolute Gasteiger partial charge is 0.309 e. The van der Waals surface area contributed by atoms with Crippen molar-refractivity contribution in [3.63, 3.8) is 0 Å². The summed E-state index contributed by atoms with van der Waals surface area (Å²) in [6, 6.07) is 87.0. The molecule has 4 heteroatoms. The first-order valence-corrected chi connectivity index (χ1v) is 29.4. The molecule has 82 heavy (non-hydrogen) atoms. The molecule has 15 aromatic rings. The maximum absolute atomic E-state index is 2.61. The van der Waals surface area contributed by atoms with Gasteiger partial charge in [-0.05, 0) is 130 Å². The number of fused-ring (bicyclic) bond motifs is 12. The minimum Gasteiger partial charge on any atom is -0.309 e. The highest BCUT2D eigenvalue weighted by Crippen LogP contribution is 2.54. The summed E-state index contributed by atoms with van der Waals surface area (Å²) < 4.78 is 5.21. The van der Waals surface area contributed by atoms with E-state index in [1.807, 2.05) is 0 Å². The summed E-state index contributed by atoms with van der Waals surface area (Å²) in [5.74, 6) is 0. The molecule has 0 spiro atoms. The average molecular weight is 1060 g/mol. The Kier molecular flexibility index (Phi) is 11.3. The molecule has 15 rings (SSSR count). The molecular weight excluding hydrogens is 993 g/mol. The maximum Gasteiger partial charge on any atom is 0.0641 e. The van der Waals surface area contributed by atoms with Gasteiger partial charge < -0.3 is 18.6 Å². The Morgan fingerprint density at radius 1 is 0.329 bits per heavy atom. The Balaban J connectivity index is 1.06. The second-order valence-corrected chi connectivity index (χ2v) is 24.6. The predicted molar refractivity (Wildman–Crippen MR) is 352 cm³/mol. The minimum atomic E-state index is -0.0586. The topological polar surface area (TPSA) is 15.3 Å². The van der Waals surface area contributed by atoms with Gasteiger partial charge in [-0.1, -0.05) is 213 Å². The molecule has 0 aliphatic rings. The van der Waals surface area contributed by atoms with Gasteiger partial charge in [0.2, 0.25) is 0 Å². The maximum atomic E-state index is 2.61. The molecule has 4 aromatic heterocycles.